The zero-order chi connectivity index (χ0) is 18.4. The highest BCUT2D eigenvalue weighted by Crippen LogP contribution is 2.17. The zero-order valence-electron chi connectivity index (χ0n) is 14.3. The van der Waals surface area contributed by atoms with E-state index in [0.717, 1.165) is 16.7 Å². The van der Waals surface area contributed by atoms with E-state index in [0.29, 0.717) is 11.3 Å². The smallest absolute Gasteiger partial charge is 0.339 e. The van der Waals surface area contributed by atoms with E-state index < -0.39 is 24.5 Å². The van der Waals surface area contributed by atoms with E-state index in [4.69, 9.17) is 9.15 Å². The standard InChI is InChI=1S/C18H20N2O5/c1-11-7-12(2)16(13(3)8-11)17(22)25-10-15(21)20-18(23)19-9-14-5-4-6-24-14/h4-8H,9-10H2,1-3H3,(H2,19,20,21,23). The van der Waals surface area contributed by atoms with Crippen LogP contribution >= 0.6 is 0 Å². The van der Waals surface area contributed by atoms with Gasteiger partial charge < -0.3 is 14.5 Å². The Morgan fingerprint density at radius 3 is 2.40 bits per heavy atom. The van der Waals surface area contributed by atoms with Crippen LogP contribution in [0.2, 0.25) is 0 Å². The van der Waals surface area contributed by atoms with Crippen molar-refractivity contribution >= 4 is 17.9 Å². The summed E-state index contributed by atoms with van der Waals surface area (Å²) in [5.41, 5.74) is 3.02. The van der Waals surface area contributed by atoms with Gasteiger partial charge in [-0.05, 0) is 44.0 Å². The Kier molecular flexibility index (Phi) is 5.94. The number of hydrogen-bond acceptors (Lipinski definition) is 5. The lowest BCUT2D eigenvalue weighted by molar-refractivity contribution is -0.123. The van der Waals surface area contributed by atoms with Gasteiger partial charge in [0, 0.05) is 0 Å². The van der Waals surface area contributed by atoms with Crippen molar-refractivity contribution in [2.45, 2.75) is 27.3 Å². The van der Waals surface area contributed by atoms with Gasteiger partial charge in [-0.2, -0.15) is 0 Å². The minimum absolute atomic E-state index is 0.146. The van der Waals surface area contributed by atoms with E-state index in [1.165, 1.54) is 6.26 Å². The molecule has 2 N–H and O–H groups in total. The maximum atomic E-state index is 12.2. The minimum Gasteiger partial charge on any atom is -0.467 e. The summed E-state index contributed by atoms with van der Waals surface area (Å²) < 4.78 is 10.0. The van der Waals surface area contributed by atoms with Crippen molar-refractivity contribution in [2.24, 2.45) is 0 Å². The highest BCUT2D eigenvalue weighted by molar-refractivity contribution is 5.97. The van der Waals surface area contributed by atoms with Crippen LogP contribution in [-0.2, 0) is 16.1 Å². The van der Waals surface area contributed by atoms with Crippen LogP contribution in [0.1, 0.15) is 32.8 Å². The fraction of sp³-hybridized carbons (Fsp3) is 0.278. The maximum absolute atomic E-state index is 12.2. The number of imide groups is 1. The maximum Gasteiger partial charge on any atom is 0.339 e. The molecule has 0 unspecified atom stereocenters. The lowest BCUT2D eigenvalue weighted by Gasteiger charge is -2.11. The molecule has 0 saturated carbocycles. The molecular formula is C18H20N2O5. The van der Waals surface area contributed by atoms with Crippen LogP contribution in [0.25, 0.3) is 0 Å². The molecule has 0 bridgehead atoms. The van der Waals surface area contributed by atoms with Crippen LogP contribution in [0, 0.1) is 20.8 Å². The molecule has 0 aliphatic rings. The third kappa shape index (κ3) is 5.20. The Bertz CT molecular complexity index is 758. The van der Waals surface area contributed by atoms with Gasteiger partial charge in [0.25, 0.3) is 5.91 Å². The molecule has 0 atom stereocenters. The molecule has 25 heavy (non-hydrogen) atoms. The number of aryl methyl sites for hydroxylation is 3. The van der Waals surface area contributed by atoms with E-state index in [2.05, 4.69) is 10.6 Å². The predicted octanol–water partition coefficient (Wildman–Crippen LogP) is 2.39. The average molecular weight is 344 g/mol. The summed E-state index contributed by atoms with van der Waals surface area (Å²) >= 11 is 0. The third-order valence-corrected chi connectivity index (χ3v) is 3.47. The number of esters is 1. The predicted molar refractivity (Wildman–Crippen MR) is 90.0 cm³/mol. The summed E-state index contributed by atoms with van der Waals surface area (Å²) in [5, 5.41) is 4.53. The van der Waals surface area contributed by atoms with Crippen molar-refractivity contribution in [1.82, 2.24) is 10.6 Å². The molecule has 132 valence electrons. The molecule has 1 aromatic heterocycles. The number of carbonyl (C=O) groups excluding carboxylic acids is 3. The lowest BCUT2D eigenvalue weighted by Crippen LogP contribution is -2.41. The van der Waals surface area contributed by atoms with Gasteiger partial charge in [-0.1, -0.05) is 17.7 Å². The van der Waals surface area contributed by atoms with Crippen molar-refractivity contribution in [3.8, 4) is 0 Å². The molecule has 0 radical (unpaired) electrons. The molecule has 1 heterocycles. The van der Waals surface area contributed by atoms with E-state index >= 15 is 0 Å². The van der Waals surface area contributed by atoms with Crippen LogP contribution in [0.3, 0.4) is 0 Å². The second kappa shape index (κ2) is 8.14. The summed E-state index contributed by atoms with van der Waals surface area (Å²) in [6.07, 6.45) is 1.48. The zero-order valence-corrected chi connectivity index (χ0v) is 14.3. The van der Waals surface area contributed by atoms with Crippen LogP contribution in [0.5, 0.6) is 0 Å². The first-order chi connectivity index (χ1) is 11.9. The number of amides is 3. The number of furan rings is 1. The van der Waals surface area contributed by atoms with E-state index in [1.807, 2.05) is 19.1 Å². The molecular weight excluding hydrogens is 324 g/mol. The summed E-state index contributed by atoms with van der Waals surface area (Å²) in [7, 11) is 0. The van der Waals surface area contributed by atoms with Crippen molar-refractivity contribution in [2.75, 3.05) is 6.61 Å². The molecule has 2 aromatic rings. The largest absolute Gasteiger partial charge is 0.467 e. The summed E-state index contributed by atoms with van der Waals surface area (Å²) in [4.78, 5) is 35.4. The lowest BCUT2D eigenvalue weighted by atomic mass is 10.00. The second-order valence-corrected chi connectivity index (χ2v) is 5.66. The number of carbonyl (C=O) groups is 3. The third-order valence-electron chi connectivity index (χ3n) is 3.47. The first-order valence-electron chi connectivity index (χ1n) is 7.72. The van der Waals surface area contributed by atoms with Crippen molar-refractivity contribution < 1.29 is 23.5 Å². The number of urea groups is 1. The molecule has 7 heteroatoms. The van der Waals surface area contributed by atoms with Gasteiger partial charge in [-0.3, -0.25) is 10.1 Å². The Balaban J connectivity index is 1.81. The first kappa shape index (κ1) is 18.3. The van der Waals surface area contributed by atoms with E-state index in [1.54, 1.807) is 26.0 Å². The molecule has 0 aliphatic heterocycles. The Morgan fingerprint density at radius 2 is 1.80 bits per heavy atom. The number of nitrogens with one attached hydrogen (secondary N) is 2. The molecule has 0 spiro atoms. The van der Waals surface area contributed by atoms with Crippen LogP contribution in [0.4, 0.5) is 4.79 Å². The molecule has 0 aliphatic carbocycles. The van der Waals surface area contributed by atoms with Gasteiger partial charge in [0.2, 0.25) is 0 Å². The molecule has 3 amide bonds. The minimum atomic E-state index is -0.715. The van der Waals surface area contributed by atoms with Gasteiger partial charge in [0.05, 0.1) is 18.4 Å². The Hall–Kier alpha value is -3.09. The SMILES string of the molecule is Cc1cc(C)c(C(=O)OCC(=O)NC(=O)NCc2ccco2)c(C)c1. The molecule has 1 aromatic carbocycles. The van der Waals surface area contributed by atoms with Gasteiger partial charge in [-0.25, -0.2) is 9.59 Å². The highest BCUT2D eigenvalue weighted by Gasteiger charge is 2.16. The molecule has 7 nitrogen and oxygen atoms in total. The molecule has 0 fully saturated rings. The number of hydrogen-bond donors (Lipinski definition) is 2. The van der Waals surface area contributed by atoms with Crippen LogP contribution in [-0.4, -0.2) is 24.5 Å². The Morgan fingerprint density at radius 1 is 1.12 bits per heavy atom. The number of rotatable bonds is 5. The van der Waals surface area contributed by atoms with Crippen molar-refractivity contribution in [1.29, 1.82) is 0 Å². The van der Waals surface area contributed by atoms with Gasteiger partial charge in [0.1, 0.15) is 5.76 Å². The molecule has 2 rings (SSSR count). The Labute approximate surface area is 145 Å². The average Bonchev–Trinajstić information content (AvgIpc) is 3.03. The van der Waals surface area contributed by atoms with Gasteiger partial charge in [-0.15, -0.1) is 0 Å². The highest BCUT2D eigenvalue weighted by atomic mass is 16.5. The summed E-state index contributed by atoms with van der Waals surface area (Å²) in [5.74, 6) is -0.756. The second-order valence-electron chi connectivity index (χ2n) is 5.66. The normalized spacial score (nSPS) is 10.2. The number of ether oxygens (including phenoxy) is 1. The quantitative estimate of drug-likeness (QED) is 0.812. The van der Waals surface area contributed by atoms with Gasteiger partial charge >= 0.3 is 12.0 Å². The van der Waals surface area contributed by atoms with Crippen LogP contribution in [0.15, 0.2) is 34.9 Å². The van der Waals surface area contributed by atoms with Crippen LogP contribution < -0.4 is 10.6 Å². The fourth-order valence-electron chi connectivity index (χ4n) is 2.49. The monoisotopic (exact) mass is 344 g/mol. The number of benzene rings is 1. The van der Waals surface area contributed by atoms with Gasteiger partial charge in [0.15, 0.2) is 6.61 Å². The van der Waals surface area contributed by atoms with E-state index in [9.17, 15) is 14.4 Å². The van der Waals surface area contributed by atoms with Crippen molar-refractivity contribution in [3.63, 3.8) is 0 Å². The van der Waals surface area contributed by atoms with E-state index in [-0.39, 0.29) is 6.54 Å². The first-order valence-corrected chi connectivity index (χ1v) is 7.72. The van der Waals surface area contributed by atoms with Crippen molar-refractivity contribution in [3.05, 3.63) is 58.5 Å². The summed E-state index contributed by atoms with van der Waals surface area (Å²) in [6, 6.07) is 6.42. The topological polar surface area (TPSA) is 97.6 Å². The fourth-order valence-corrected chi connectivity index (χ4v) is 2.49. The molecule has 0 saturated heterocycles. The summed E-state index contributed by atoms with van der Waals surface area (Å²) in [6.45, 7) is 5.15.